The average Bonchev–Trinajstić information content (AvgIpc) is 3.06. The van der Waals surface area contributed by atoms with E-state index in [9.17, 15) is 4.79 Å². The van der Waals surface area contributed by atoms with Crippen LogP contribution in [0.3, 0.4) is 0 Å². The van der Waals surface area contributed by atoms with E-state index in [0.29, 0.717) is 12.2 Å². The van der Waals surface area contributed by atoms with Crippen molar-refractivity contribution >= 4 is 5.91 Å². The quantitative estimate of drug-likeness (QED) is 0.788. The fourth-order valence-electron chi connectivity index (χ4n) is 2.37. The highest BCUT2D eigenvalue weighted by Gasteiger charge is 2.07. The monoisotopic (exact) mass is 306 g/mol. The van der Waals surface area contributed by atoms with Crippen molar-refractivity contribution in [3.8, 4) is 0 Å². The topological polar surface area (TPSA) is 59.8 Å². The molecule has 116 valence electrons. The van der Waals surface area contributed by atoms with Gasteiger partial charge in [0.25, 0.3) is 5.91 Å². The molecular weight excluding hydrogens is 288 g/mol. The summed E-state index contributed by atoms with van der Waals surface area (Å²) in [6.07, 6.45) is 5.48. The Labute approximate surface area is 135 Å². The summed E-state index contributed by atoms with van der Waals surface area (Å²) in [5.41, 5.74) is 3.51. The fraction of sp³-hybridized carbons (Fsp3) is 0.167. The molecule has 3 rings (SSSR count). The largest absolute Gasteiger partial charge is 0.347 e. The van der Waals surface area contributed by atoms with Crippen LogP contribution >= 0.6 is 0 Å². The van der Waals surface area contributed by atoms with Crippen molar-refractivity contribution in [3.05, 3.63) is 83.7 Å². The Morgan fingerprint density at radius 1 is 1.17 bits per heavy atom. The summed E-state index contributed by atoms with van der Waals surface area (Å²) in [7, 11) is 0. The summed E-state index contributed by atoms with van der Waals surface area (Å²) >= 11 is 0. The van der Waals surface area contributed by atoms with Crippen LogP contribution in [0.5, 0.6) is 0 Å². The Kier molecular flexibility index (Phi) is 4.47. The molecule has 5 heteroatoms. The van der Waals surface area contributed by atoms with E-state index in [1.54, 1.807) is 18.6 Å². The highest BCUT2D eigenvalue weighted by molar-refractivity contribution is 5.92. The second kappa shape index (κ2) is 6.87. The zero-order chi connectivity index (χ0) is 16.1. The Morgan fingerprint density at radius 3 is 2.78 bits per heavy atom. The number of benzene rings is 1. The van der Waals surface area contributed by atoms with Gasteiger partial charge in [-0.2, -0.15) is 0 Å². The van der Waals surface area contributed by atoms with E-state index in [0.717, 1.165) is 17.8 Å². The van der Waals surface area contributed by atoms with Crippen molar-refractivity contribution in [2.24, 2.45) is 0 Å². The maximum Gasteiger partial charge on any atom is 0.270 e. The number of carbonyl (C=O) groups is 1. The lowest BCUT2D eigenvalue weighted by atomic mass is 10.1. The Balaban J connectivity index is 1.63. The molecule has 2 aromatic heterocycles. The molecule has 0 aliphatic rings. The summed E-state index contributed by atoms with van der Waals surface area (Å²) < 4.78 is 2.01. The average molecular weight is 306 g/mol. The van der Waals surface area contributed by atoms with Gasteiger partial charge in [0, 0.05) is 31.2 Å². The van der Waals surface area contributed by atoms with Crippen LogP contribution in [0, 0.1) is 6.92 Å². The first-order chi connectivity index (χ1) is 11.2. The molecule has 0 saturated heterocycles. The van der Waals surface area contributed by atoms with E-state index in [-0.39, 0.29) is 5.91 Å². The first kappa shape index (κ1) is 15.0. The van der Waals surface area contributed by atoms with Crippen LogP contribution in [0.15, 0.2) is 61.2 Å². The predicted octanol–water partition coefficient (Wildman–Crippen LogP) is 2.56. The number of amides is 1. The number of imidazole rings is 1. The Hall–Kier alpha value is -2.95. The van der Waals surface area contributed by atoms with Gasteiger partial charge in [0.15, 0.2) is 0 Å². The van der Waals surface area contributed by atoms with Gasteiger partial charge < -0.3 is 9.88 Å². The predicted molar refractivity (Wildman–Crippen MR) is 87.9 cm³/mol. The Morgan fingerprint density at radius 2 is 2.00 bits per heavy atom. The molecule has 0 radical (unpaired) electrons. The van der Waals surface area contributed by atoms with Crippen molar-refractivity contribution in [1.82, 2.24) is 19.9 Å². The van der Waals surface area contributed by atoms with Crippen LogP contribution < -0.4 is 5.32 Å². The van der Waals surface area contributed by atoms with Crippen LogP contribution in [0.25, 0.3) is 0 Å². The van der Waals surface area contributed by atoms with E-state index in [1.165, 1.54) is 5.56 Å². The van der Waals surface area contributed by atoms with Gasteiger partial charge in [-0.05, 0) is 30.2 Å². The van der Waals surface area contributed by atoms with Gasteiger partial charge in [-0.25, -0.2) is 9.97 Å². The molecule has 0 unspecified atom stereocenters. The minimum absolute atomic E-state index is 0.159. The molecule has 0 fully saturated rings. The Bertz CT molecular complexity index is 796. The van der Waals surface area contributed by atoms with Crippen molar-refractivity contribution in [3.63, 3.8) is 0 Å². The molecule has 0 saturated carbocycles. The smallest absolute Gasteiger partial charge is 0.270 e. The van der Waals surface area contributed by atoms with Crippen molar-refractivity contribution in [1.29, 1.82) is 0 Å². The molecule has 1 aromatic carbocycles. The normalized spacial score (nSPS) is 10.5. The fourth-order valence-corrected chi connectivity index (χ4v) is 2.37. The van der Waals surface area contributed by atoms with Gasteiger partial charge in [0.1, 0.15) is 5.69 Å². The third-order valence-electron chi connectivity index (χ3n) is 3.49. The lowest BCUT2D eigenvalue weighted by Crippen LogP contribution is -2.24. The lowest BCUT2D eigenvalue weighted by molar-refractivity contribution is 0.0945. The number of carbonyl (C=O) groups excluding carboxylic acids is 1. The van der Waals surface area contributed by atoms with E-state index >= 15 is 0 Å². The molecule has 1 N–H and O–H groups in total. The van der Waals surface area contributed by atoms with Gasteiger partial charge in [0.05, 0.1) is 6.33 Å². The van der Waals surface area contributed by atoms with Crippen LogP contribution in [0.2, 0.25) is 0 Å². The second-order valence-corrected chi connectivity index (χ2v) is 5.40. The molecule has 5 nitrogen and oxygen atoms in total. The zero-order valence-corrected chi connectivity index (χ0v) is 12.9. The molecule has 23 heavy (non-hydrogen) atoms. The number of pyridine rings is 1. The standard InChI is InChI=1S/C18H18N4O/c1-14-4-2-7-17(21-14)18(23)20-11-15-5-3-6-16(10-15)12-22-9-8-19-13-22/h2-10,13H,11-12H2,1H3,(H,20,23). The minimum atomic E-state index is -0.159. The summed E-state index contributed by atoms with van der Waals surface area (Å²) in [5.74, 6) is -0.159. The minimum Gasteiger partial charge on any atom is -0.347 e. The zero-order valence-electron chi connectivity index (χ0n) is 12.9. The maximum atomic E-state index is 12.1. The number of aromatic nitrogens is 3. The number of aryl methyl sites for hydroxylation is 1. The van der Waals surface area contributed by atoms with Crippen LogP contribution in [-0.2, 0) is 13.1 Å². The van der Waals surface area contributed by atoms with Crippen LogP contribution in [0.1, 0.15) is 27.3 Å². The van der Waals surface area contributed by atoms with Crippen LogP contribution in [0.4, 0.5) is 0 Å². The highest BCUT2D eigenvalue weighted by atomic mass is 16.1. The molecule has 0 aliphatic heterocycles. The van der Waals surface area contributed by atoms with Crippen molar-refractivity contribution < 1.29 is 4.79 Å². The molecule has 0 atom stereocenters. The first-order valence-electron chi connectivity index (χ1n) is 7.46. The molecule has 0 aliphatic carbocycles. The molecule has 2 heterocycles. The van der Waals surface area contributed by atoms with Gasteiger partial charge in [-0.3, -0.25) is 4.79 Å². The highest BCUT2D eigenvalue weighted by Crippen LogP contribution is 2.08. The molecule has 1 amide bonds. The summed E-state index contributed by atoms with van der Waals surface area (Å²) in [5, 5.41) is 2.91. The molecule has 0 spiro atoms. The SMILES string of the molecule is Cc1cccc(C(=O)NCc2cccc(Cn3ccnc3)c2)n1. The third kappa shape index (κ3) is 4.03. The van der Waals surface area contributed by atoms with Crippen LogP contribution in [-0.4, -0.2) is 20.4 Å². The first-order valence-corrected chi connectivity index (χ1v) is 7.46. The van der Waals surface area contributed by atoms with Gasteiger partial charge in [-0.1, -0.05) is 30.3 Å². The molecular formula is C18H18N4O. The number of hydrogen-bond acceptors (Lipinski definition) is 3. The number of rotatable bonds is 5. The van der Waals surface area contributed by atoms with Crippen molar-refractivity contribution in [2.75, 3.05) is 0 Å². The van der Waals surface area contributed by atoms with Gasteiger partial charge in [-0.15, -0.1) is 0 Å². The molecule has 3 aromatic rings. The molecule has 0 bridgehead atoms. The van der Waals surface area contributed by atoms with E-state index in [1.807, 2.05) is 42.0 Å². The van der Waals surface area contributed by atoms with E-state index in [2.05, 4.69) is 27.4 Å². The summed E-state index contributed by atoms with van der Waals surface area (Å²) in [6, 6.07) is 13.6. The summed E-state index contributed by atoms with van der Waals surface area (Å²) in [4.78, 5) is 20.4. The second-order valence-electron chi connectivity index (χ2n) is 5.40. The maximum absolute atomic E-state index is 12.1. The number of nitrogens with zero attached hydrogens (tertiary/aromatic N) is 3. The van der Waals surface area contributed by atoms with E-state index in [4.69, 9.17) is 0 Å². The third-order valence-corrected chi connectivity index (χ3v) is 3.49. The summed E-state index contributed by atoms with van der Waals surface area (Å²) in [6.45, 7) is 3.11. The van der Waals surface area contributed by atoms with Crippen molar-refractivity contribution in [2.45, 2.75) is 20.0 Å². The van der Waals surface area contributed by atoms with Gasteiger partial charge >= 0.3 is 0 Å². The number of hydrogen-bond donors (Lipinski definition) is 1. The van der Waals surface area contributed by atoms with E-state index < -0.39 is 0 Å². The number of nitrogens with one attached hydrogen (secondary N) is 1. The lowest BCUT2D eigenvalue weighted by Gasteiger charge is -2.08. The van der Waals surface area contributed by atoms with Gasteiger partial charge in [0.2, 0.25) is 0 Å².